The lowest BCUT2D eigenvalue weighted by Crippen LogP contribution is -2.15. The highest BCUT2D eigenvalue weighted by atomic mass is 32.1. The minimum Gasteiger partial charge on any atom is -0.380 e. The second kappa shape index (κ2) is 13.6. The largest absolute Gasteiger partial charge is 0.380 e. The summed E-state index contributed by atoms with van der Waals surface area (Å²) in [6.07, 6.45) is 7.74. The molecule has 1 saturated carbocycles. The lowest BCUT2D eigenvalue weighted by molar-refractivity contribution is 0.100. The number of aromatic nitrogens is 1. The average Bonchev–Trinajstić information content (AvgIpc) is 2.88. The zero-order chi connectivity index (χ0) is 26.8. The lowest BCUT2D eigenvalue weighted by atomic mass is 9.78. The van der Waals surface area contributed by atoms with Gasteiger partial charge in [-0.2, -0.15) is 8.42 Å². The number of nitrogens with two attached hydrogens (primary N) is 1. The number of rotatable bonds is 8. The molecule has 0 radical (unpaired) electrons. The summed E-state index contributed by atoms with van der Waals surface area (Å²) in [6.45, 7) is 2.39. The van der Waals surface area contributed by atoms with Crippen LogP contribution in [0.2, 0.25) is 0 Å². The van der Waals surface area contributed by atoms with Crippen molar-refractivity contribution in [3.8, 4) is 0 Å². The van der Waals surface area contributed by atoms with E-state index in [4.69, 9.17) is 14.2 Å². The van der Waals surface area contributed by atoms with Gasteiger partial charge in [-0.3, -0.25) is 4.79 Å². The quantitative estimate of drug-likeness (QED) is 0.339. The van der Waals surface area contributed by atoms with Crippen LogP contribution in [0.3, 0.4) is 0 Å². The Morgan fingerprint density at radius 3 is 2.22 bits per heavy atom. The molecular weight excluding hydrogens is 498 g/mol. The van der Waals surface area contributed by atoms with E-state index in [1.807, 2.05) is 12.1 Å². The molecule has 1 aliphatic carbocycles. The summed E-state index contributed by atoms with van der Waals surface area (Å²) >= 11 is -0.750. The molecule has 1 fully saturated rings. The first-order valence-corrected chi connectivity index (χ1v) is 12.8. The Bertz CT molecular complexity index is 1220. The molecule has 0 saturated heterocycles. The van der Waals surface area contributed by atoms with Gasteiger partial charge in [0.15, 0.2) is 0 Å². The molecule has 7 nitrogen and oxygen atoms in total. The summed E-state index contributed by atoms with van der Waals surface area (Å²) in [5.74, 6) is 0.0441. The number of nitrogens with zero attached hydrogens (tertiary/aromatic N) is 1. The third-order valence-corrected chi connectivity index (χ3v) is 6.65. The highest BCUT2D eigenvalue weighted by Crippen LogP contribution is 2.37. The van der Waals surface area contributed by atoms with Crippen molar-refractivity contribution in [1.29, 1.82) is 0 Å². The number of hydrogen-bond donors (Lipinski definition) is 3. The van der Waals surface area contributed by atoms with E-state index in [1.54, 1.807) is 6.07 Å². The number of amides is 1. The van der Waals surface area contributed by atoms with Gasteiger partial charge in [-0.25, -0.2) is 13.8 Å². The Kier molecular flexibility index (Phi) is 10.3. The summed E-state index contributed by atoms with van der Waals surface area (Å²) in [5.41, 5.74) is 8.75. The van der Waals surface area contributed by atoms with Crippen molar-refractivity contribution in [2.45, 2.75) is 51.5 Å². The molecule has 0 spiro atoms. The number of carbonyl (C=O) groups is 1. The zero-order valence-corrected chi connectivity index (χ0v) is 21.3. The highest BCUT2D eigenvalue weighted by molar-refractivity contribution is 7.51. The number of primary amides is 1. The van der Waals surface area contributed by atoms with Gasteiger partial charge in [0.05, 0.1) is 11.3 Å². The fourth-order valence-corrected chi connectivity index (χ4v) is 4.67. The van der Waals surface area contributed by atoms with Crippen LogP contribution in [-0.4, -0.2) is 19.3 Å². The molecule has 37 heavy (non-hydrogen) atoms. The first-order valence-electron chi connectivity index (χ1n) is 12.1. The van der Waals surface area contributed by atoms with E-state index in [0.29, 0.717) is 23.0 Å². The molecule has 1 heterocycles. The van der Waals surface area contributed by atoms with Crippen molar-refractivity contribution < 1.29 is 22.0 Å². The molecular formula is C27H30F2N4O3S. The van der Waals surface area contributed by atoms with Crippen molar-refractivity contribution in [2.24, 2.45) is 11.7 Å². The van der Waals surface area contributed by atoms with Crippen LogP contribution in [0.15, 0.2) is 54.7 Å². The predicted octanol–water partition coefficient (Wildman–Crippen LogP) is 5.83. The van der Waals surface area contributed by atoms with Gasteiger partial charge in [0.2, 0.25) is 0 Å². The van der Waals surface area contributed by atoms with Crippen LogP contribution in [0, 0.1) is 17.6 Å². The van der Waals surface area contributed by atoms with Crippen molar-refractivity contribution in [1.82, 2.24) is 4.98 Å². The number of pyridine rings is 1. The predicted molar refractivity (Wildman–Crippen MR) is 140 cm³/mol. The van der Waals surface area contributed by atoms with Crippen molar-refractivity contribution in [2.75, 3.05) is 10.6 Å². The standard InChI is InChI=1S/C27H30F2N4O.O2S/c1-2-17-3-5-19(6-4-17)20-7-9-23(10-8-20)33-26-14-25(24(16-32-26)27(30)34)31-15-18-11-21(28)13-22(29)12-18;1-3-2/h7-14,16-17,19H,2-6,15H2,1H3,(H2,30,34)(H2,31,32,33);. The lowest BCUT2D eigenvalue weighted by Gasteiger charge is -2.28. The Hall–Kier alpha value is -3.66. The van der Waals surface area contributed by atoms with Gasteiger partial charge < -0.3 is 16.4 Å². The van der Waals surface area contributed by atoms with E-state index in [0.717, 1.165) is 17.7 Å². The maximum atomic E-state index is 13.5. The number of nitrogens with one attached hydrogen (secondary N) is 2. The first kappa shape index (κ1) is 27.9. The van der Waals surface area contributed by atoms with Crippen LogP contribution >= 0.6 is 0 Å². The molecule has 0 unspecified atom stereocenters. The fraction of sp³-hybridized carbons (Fsp3) is 0.333. The summed E-state index contributed by atoms with van der Waals surface area (Å²) < 4.78 is 43.6. The molecule has 4 N–H and O–H groups in total. The summed E-state index contributed by atoms with van der Waals surface area (Å²) in [6, 6.07) is 13.3. The van der Waals surface area contributed by atoms with Crippen molar-refractivity contribution >= 4 is 34.7 Å². The second-order valence-corrected chi connectivity index (χ2v) is 9.19. The maximum absolute atomic E-state index is 13.5. The molecule has 196 valence electrons. The van der Waals surface area contributed by atoms with Crippen LogP contribution in [0.25, 0.3) is 0 Å². The van der Waals surface area contributed by atoms with Gasteiger partial charge in [-0.15, -0.1) is 0 Å². The number of benzene rings is 2. The van der Waals surface area contributed by atoms with E-state index in [2.05, 4.69) is 34.7 Å². The molecule has 0 atom stereocenters. The maximum Gasteiger partial charge on any atom is 0.335 e. The molecule has 0 bridgehead atoms. The molecule has 0 aliphatic heterocycles. The van der Waals surface area contributed by atoms with E-state index >= 15 is 0 Å². The van der Waals surface area contributed by atoms with E-state index in [1.165, 1.54) is 56.0 Å². The number of anilines is 3. The summed E-state index contributed by atoms with van der Waals surface area (Å²) in [5, 5.41) is 6.29. The molecule has 1 aromatic heterocycles. The second-order valence-electron chi connectivity index (χ2n) is 9.05. The van der Waals surface area contributed by atoms with E-state index in [-0.39, 0.29) is 12.1 Å². The molecule has 1 amide bonds. The van der Waals surface area contributed by atoms with Gasteiger partial charge in [-0.05, 0) is 72.9 Å². The third-order valence-electron chi connectivity index (χ3n) is 6.65. The van der Waals surface area contributed by atoms with Crippen molar-refractivity contribution in [3.05, 3.63) is 83.1 Å². The highest BCUT2D eigenvalue weighted by Gasteiger charge is 2.21. The van der Waals surface area contributed by atoms with Gasteiger partial charge in [0, 0.05) is 30.6 Å². The Morgan fingerprint density at radius 2 is 1.65 bits per heavy atom. The Labute approximate surface area is 218 Å². The number of carbonyl (C=O) groups excluding carboxylic acids is 1. The van der Waals surface area contributed by atoms with E-state index < -0.39 is 29.1 Å². The van der Waals surface area contributed by atoms with Crippen LogP contribution in [0.1, 0.15) is 66.4 Å². The average molecular weight is 529 g/mol. The molecule has 3 aromatic rings. The monoisotopic (exact) mass is 528 g/mol. The van der Waals surface area contributed by atoms with Gasteiger partial charge in [0.25, 0.3) is 5.91 Å². The molecule has 4 rings (SSSR count). The zero-order valence-electron chi connectivity index (χ0n) is 20.5. The van der Waals surface area contributed by atoms with Gasteiger partial charge >= 0.3 is 11.6 Å². The van der Waals surface area contributed by atoms with Gasteiger partial charge in [-0.1, -0.05) is 25.5 Å². The van der Waals surface area contributed by atoms with Crippen LogP contribution < -0.4 is 16.4 Å². The Morgan fingerprint density at radius 1 is 1.03 bits per heavy atom. The van der Waals surface area contributed by atoms with Crippen LogP contribution in [0.5, 0.6) is 0 Å². The van der Waals surface area contributed by atoms with Crippen molar-refractivity contribution in [3.63, 3.8) is 0 Å². The molecule has 1 aliphatic rings. The number of halogens is 2. The first-order chi connectivity index (χ1) is 17.8. The third kappa shape index (κ3) is 8.18. The summed E-state index contributed by atoms with van der Waals surface area (Å²) in [4.78, 5) is 16.1. The summed E-state index contributed by atoms with van der Waals surface area (Å²) in [7, 11) is 0. The Balaban J connectivity index is 0.00000121. The van der Waals surface area contributed by atoms with Crippen LogP contribution in [-0.2, 0) is 18.1 Å². The smallest absolute Gasteiger partial charge is 0.335 e. The van der Waals surface area contributed by atoms with E-state index in [9.17, 15) is 13.6 Å². The van der Waals surface area contributed by atoms with Crippen LogP contribution in [0.4, 0.5) is 26.0 Å². The minimum atomic E-state index is -0.750. The number of hydrogen-bond acceptors (Lipinski definition) is 6. The minimum absolute atomic E-state index is 0.118. The topological polar surface area (TPSA) is 114 Å². The molecule has 2 aromatic carbocycles. The molecule has 10 heteroatoms. The fourth-order valence-electron chi connectivity index (χ4n) is 4.67. The van der Waals surface area contributed by atoms with Gasteiger partial charge in [0.1, 0.15) is 17.5 Å². The SMILES string of the molecule is CCC1CCC(c2ccc(Nc3cc(NCc4cc(F)cc(F)c4)c(C(N)=O)cn3)cc2)CC1.O=S=O. The normalized spacial score (nSPS) is 16.7.